The number of aliphatic hydroxyl groups is 2. The van der Waals surface area contributed by atoms with Crippen molar-refractivity contribution in [3.63, 3.8) is 0 Å². The van der Waals surface area contributed by atoms with Crippen LogP contribution in [-0.2, 0) is 55.2 Å². The van der Waals surface area contributed by atoms with Gasteiger partial charge in [0.2, 0.25) is 5.91 Å². The number of carbonyl (C=O) groups excluding carboxylic acids is 2. The maximum Gasteiger partial charge on any atom is 0.472 e. The predicted octanol–water partition coefficient (Wildman–Crippen LogP) is 3.36. The summed E-state index contributed by atoms with van der Waals surface area (Å²) >= 11 is 0. The fraction of sp³-hybridized carbons (Fsp3) is 0.933. The molecule has 1 aliphatic rings. The molecule has 0 bridgehead atoms. The lowest BCUT2D eigenvalue weighted by atomic mass is 9.85. The monoisotopic (exact) mass is 895 g/mol. The van der Waals surface area contributed by atoms with Crippen molar-refractivity contribution in [3.8, 4) is 0 Å². The van der Waals surface area contributed by atoms with Gasteiger partial charge in [-0.05, 0) is 12.8 Å². The van der Waals surface area contributed by atoms with Crippen LogP contribution in [0.5, 0.6) is 0 Å². The van der Waals surface area contributed by atoms with Crippen LogP contribution in [-0.4, -0.2) is 112 Å². The predicted molar refractivity (Wildman–Crippen MR) is 196 cm³/mol. The van der Waals surface area contributed by atoms with Crippen molar-refractivity contribution in [2.45, 2.75) is 166 Å². The Hall–Kier alpha value is -0.700. The van der Waals surface area contributed by atoms with Crippen LogP contribution in [0.1, 0.15) is 123 Å². The van der Waals surface area contributed by atoms with Crippen LogP contribution in [0.25, 0.3) is 0 Å². The van der Waals surface area contributed by atoms with Crippen LogP contribution in [0.2, 0.25) is 0 Å². The molecule has 8 atom stereocenters. The molecule has 0 radical (unpaired) electrons. The van der Waals surface area contributed by atoms with Gasteiger partial charge < -0.3 is 54.5 Å². The molecule has 4 unspecified atom stereocenters. The van der Waals surface area contributed by atoms with Crippen molar-refractivity contribution in [1.29, 1.82) is 0 Å². The first kappa shape index (κ1) is 53.3. The molecule has 0 aromatic carbocycles. The molecule has 1 fully saturated rings. The first-order valence-electron chi connectivity index (χ1n) is 18.7. The lowest BCUT2D eigenvalue weighted by molar-refractivity contribution is -0.209. The van der Waals surface area contributed by atoms with Crippen LogP contribution in [0.3, 0.4) is 0 Å². The van der Waals surface area contributed by atoms with Crippen LogP contribution in [0.15, 0.2) is 0 Å². The minimum atomic E-state index is -5.76. The zero-order valence-corrected chi connectivity index (χ0v) is 35.3. The van der Waals surface area contributed by atoms with Crippen LogP contribution in [0, 0.1) is 0 Å². The average molecular weight is 896 g/mol. The van der Waals surface area contributed by atoms with Gasteiger partial charge >= 0.3 is 37.3 Å². The van der Waals surface area contributed by atoms with Crippen molar-refractivity contribution >= 4 is 43.2 Å². The smallest absolute Gasteiger partial charge is 0.460 e. The molecule has 1 saturated carbocycles. The van der Waals surface area contributed by atoms with Gasteiger partial charge in [0, 0.05) is 25.8 Å². The third-order valence-electron chi connectivity index (χ3n) is 8.50. The van der Waals surface area contributed by atoms with E-state index in [1.165, 1.54) is 44.9 Å². The number of ether oxygens (including phenoxy) is 1. The summed E-state index contributed by atoms with van der Waals surface area (Å²) in [4.78, 5) is 91.2. The summed E-state index contributed by atoms with van der Waals surface area (Å²) in [5.74, 6) is -0.999. The van der Waals surface area contributed by atoms with Crippen LogP contribution in [0.4, 0.5) is 0 Å². The van der Waals surface area contributed by atoms with Gasteiger partial charge in [-0.3, -0.25) is 32.2 Å². The molecule has 332 valence electrons. The Morgan fingerprint density at radius 3 is 1.43 bits per heavy atom. The Morgan fingerprint density at radius 2 is 1.00 bits per heavy atom. The molecule has 0 aromatic heterocycles. The van der Waals surface area contributed by atoms with E-state index >= 15 is 0 Å². The fourth-order valence-electron chi connectivity index (χ4n) is 5.87. The second-order valence-corrected chi connectivity index (χ2v) is 18.5. The van der Waals surface area contributed by atoms with E-state index in [2.05, 4.69) is 25.8 Å². The number of hydrogen-bond acceptors (Lipinski definition) is 14. The number of carbonyl (C=O) groups is 2. The summed E-state index contributed by atoms with van der Waals surface area (Å²) in [5, 5.41) is 24.2. The second-order valence-electron chi connectivity index (χ2n) is 13.5. The highest BCUT2D eigenvalue weighted by atomic mass is 31.2. The van der Waals surface area contributed by atoms with E-state index < -0.39 is 86.6 Å². The minimum Gasteiger partial charge on any atom is -0.460 e. The Morgan fingerprint density at radius 1 is 0.571 bits per heavy atom. The highest BCUT2D eigenvalue weighted by Crippen LogP contribution is 2.53. The molecule has 0 aliphatic heterocycles. The van der Waals surface area contributed by atoms with E-state index in [1.807, 2.05) is 0 Å². The summed E-state index contributed by atoms with van der Waals surface area (Å²) in [6, 6.07) is 0. The topological polar surface area (TPSA) is 352 Å². The van der Waals surface area contributed by atoms with Gasteiger partial charge in [-0.2, -0.15) is 0 Å². The van der Waals surface area contributed by atoms with Crippen molar-refractivity contribution in [3.05, 3.63) is 0 Å². The third-order valence-corrected chi connectivity index (χ3v) is 11.0. The van der Waals surface area contributed by atoms with Gasteiger partial charge in [0.05, 0.1) is 6.61 Å². The molecule has 1 rings (SSSR count). The summed E-state index contributed by atoms with van der Waals surface area (Å²) in [5.41, 5.74) is 0. The second kappa shape index (κ2) is 26.5. The Balaban J connectivity index is 2.94. The Labute approximate surface area is 326 Å². The molecule has 1 aliphatic carbocycles. The molecule has 1 amide bonds. The summed E-state index contributed by atoms with van der Waals surface area (Å²) in [7, 11) is -22.8. The number of phosphoric ester groups is 4. The van der Waals surface area contributed by atoms with Gasteiger partial charge in [-0.1, -0.05) is 90.9 Å². The number of hydrogen-bond donors (Lipinski definition) is 10. The van der Waals surface area contributed by atoms with Crippen molar-refractivity contribution in [2.75, 3.05) is 13.2 Å². The lowest BCUT2D eigenvalue weighted by Gasteiger charge is -2.45. The standard InChI is InChI=1S/C30H61NO21P4/c1-3-5-6-7-8-9-10-11-12-13-14-15-16-18-24(33)48-22(19-20-31-23(32)17-4-2)21-47-56(45,46)52-27-25(34)28(49-53(36,37)38)30(51-55(42,43)44)29(26(27)35)50-54(39,40)41/h22,25-30,34-35H,3-21H2,1-2H3,(H,31,32)(H,45,46)(H2,36,37,38)(H2,39,40,41)(H2,42,43,44)/t22-,25+,26?,27?,28+,29-,30?/m1/s1. The van der Waals surface area contributed by atoms with Gasteiger partial charge in [-0.25, -0.2) is 18.3 Å². The highest BCUT2D eigenvalue weighted by Gasteiger charge is 2.59. The molecule has 0 aromatic rings. The van der Waals surface area contributed by atoms with Gasteiger partial charge in [0.1, 0.15) is 42.7 Å². The zero-order chi connectivity index (χ0) is 42.6. The van der Waals surface area contributed by atoms with Crippen LogP contribution >= 0.6 is 31.3 Å². The number of esters is 1. The first-order chi connectivity index (χ1) is 26.0. The molecular formula is C30H61NO21P4. The van der Waals surface area contributed by atoms with Crippen molar-refractivity contribution < 1.29 is 99.7 Å². The largest absolute Gasteiger partial charge is 0.472 e. The molecule has 22 nitrogen and oxygen atoms in total. The molecule has 0 spiro atoms. The molecule has 26 heteroatoms. The Bertz CT molecular complexity index is 1300. The summed E-state index contributed by atoms with van der Waals surface area (Å²) in [6.45, 7) is 3.03. The first-order valence-corrected chi connectivity index (χ1v) is 24.8. The van der Waals surface area contributed by atoms with E-state index in [0.717, 1.165) is 32.1 Å². The third kappa shape index (κ3) is 24.4. The van der Waals surface area contributed by atoms with E-state index in [1.54, 1.807) is 6.92 Å². The summed E-state index contributed by atoms with van der Waals surface area (Å²) < 4.78 is 76.1. The maximum atomic E-state index is 13.1. The molecular weight excluding hydrogens is 834 g/mol. The van der Waals surface area contributed by atoms with Gasteiger partial charge in [-0.15, -0.1) is 0 Å². The maximum absolute atomic E-state index is 13.1. The number of unbranched alkanes of at least 4 members (excludes halogenated alkanes) is 12. The van der Waals surface area contributed by atoms with Crippen molar-refractivity contribution in [1.82, 2.24) is 5.32 Å². The van der Waals surface area contributed by atoms with Gasteiger partial charge in [0.25, 0.3) is 0 Å². The van der Waals surface area contributed by atoms with E-state index in [-0.39, 0.29) is 31.7 Å². The number of rotatable bonds is 31. The number of amides is 1. The quantitative estimate of drug-likeness (QED) is 0.0271. The van der Waals surface area contributed by atoms with Crippen LogP contribution < -0.4 is 5.32 Å². The summed E-state index contributed by atoms with van der Waals surface area (Å²) in [6.07, 6.45) is -2.76. The fourth-order valence-corrected chi connectivity index (χ4v) is 8.53. The molecule has 56 heavy (non-hydrogen) atoms. The van der Waals surface area contributed by atoms with E-state index in [9.17, 15) is 72.3 Å². The molecule has 0 heterocycles. The van der Waals surface area contributed by atoms with Gasteiger partial charge in [0.15, 0.2) is 0 Å². The van der Waals surface area contributed by atoms with E-state index in [0.29, 0.717) is 12.8 Å². The minimum absolute atomic E-state index is 0.00393. The zero-order valence-electron chi connectivity index (χ0n) is 31.7. The van der Waals surface area contributed by atoms with E-state index in [4.69, 9.17) is 13.8 Å². The SMILES string of the molecule is CCCCCCCCCCCCCCCC(=O)O[C@H](CCNC(=O)CCC)COP(=O)(O)OC1C(O)[C@@H](OP(=O)(O)O)C(OP(=O)(O)O)[C@@H](OP(=O)(O)O)[C@H]1O. The highest BCUT2D eigenvalue weighted by molar-refractivity contribution is 7.47. The van der Waals surface area contributed by atoms with Crippen molar-refractivity contribution in [2.24, 2.45) is 0 Å². The number of aliphatic hydroxyl groups excluding tert-OH is 2. The lowest BCUT2D eigenvalue weighted by Crippen LogP contribution is -2.65. The Kier molecular flexibility index (Phi) is 25.2. The molecule has 0 saturated heterocycles. The number of nitrogens with one attached hydrogen (secondary N) is 1. The number of phosphoric acid groups is 4. The normalized spacial score (nSPS) is 23.7. The molecule has 10 N–H and O–H groups in total. The average Bonchev–Trinajstić information content (AvgIpc) is 3.06.